The Hall–Kier alpha value is -0.203. The van der Waals surface area contributed by atoms with E-state index in [9.17, 15) is 0 Å². The molecule has 0 spiro atoms. The van der Waals surface area contributed by atoms with Gasteiger partial charge in [0.2, 0.25) is 0 Å². The summed E-state index contributed by atoms with van der Waals surface area (Å²) in [5, 5.41) is 0. The standard InChI is InChI=1S/C3H8O4Si/c1-2-3-7-8(4,5)6/h2,4-6H,1,3H2. The molecule has 0 aromatic rings. The number of hydrogen-bond donors (Lipinski definition) is 3. The summed E-state index contributed by atoms with van der Waals surface area (Å²) in [5.41, 5.74) is 0. The lowest BCUT2D eigenvalue weighted by Gasteiger charge is -2.05. The molecule has 0 aromatic carbocycles. The highest BCUT2D eigenvalue weighted by Crippen LogP contribution is 1.86. The molecule has 0 saturated carbocycles. The molecule has 0 unspecified atom stereocenters. The SMILES string of the molecule is C=CCO[Si](O)(O)O. The van der Waals surface area contributed by atoms with Crippen LogP contribution in [0.5, 0.6) is 0 Å². The van der Waals surface area contributed by atoms with Crippen LogP contribution in [0.3, 0.4) is 0 Å². The Bertz CT molecular complexity index is 75.8. The fourth-order valence-electron chi connectivity index (χ4n) is 0.171. The molecular formula is C3H8O4Si. The third kappa shape index (κ3) is 5.80. The first-order valence-electron chi connectivity index (χ1n) is 1.98. The molecule has 0 aromatic heterocycles. The summed E-state index contributed by atoms with van der Waals surface area (Å²) in [6.07, 6.45) is 1.31. The molecule has 0 heterocycles. The van der Waals surface area contributed by atoms with Gasteiger partial charge in [-0.05, 0) is 0 Å². The summed E-state index contributed by atoms with van der Waals surface area (Å²) in [7, 11) is -4.25. The van der Waals surface area contributed by atoms with E-state index in [-0.39, 0.29) is 6.61 Å². The highest BCUT2D eigenvalue weighted by molar-refractivity contribution is 6.48. The van der Waals surface area contributed by atoms with Gasteiger partial charge in [-0.1, -0.05) is 6.08 Å². The summed E-state index contributed by atoms with van der Waals surface area (Å²) in [4.78, 5) is 24.4. The van der Waals surface area contributed by atoms with Crippen LogP contribution in [0.2, 0.25) is 0 Å². The molecule has 0 bridgehead atoms. The zero-order chi connectivity index (χ0) is 6.62. The Balaban J connectivity index is 3.24. The second-order valence-electron chi connectivity index (χ2n) is 1.17. The highest BCUT2D eigenvalue weighted by Gasteiger charge is 2.29. The minimum atomic E-state index is -4.25. The van der Waals surface area contributed by atoms with E-state index in [1.807, 2.05) is 0 Å². The van der Waals surface area contributed by atoms with Gasteiger partial charge in [0, 0.05) is 0 Å². The average Bonchev–Trinajstić information content (AvgIpc) is 1.59. The van der Waals surface area contributed by atoms with Crippen molar-refractivity contribution < 1.29 is 18.8 Å². The molecule has 5 heteroatoms. The maximum absolute atomic E-state index is 8.13. The summed E-state index contributed by atoms with van der Waals surface area (Å²) in [6, 6.07) is 0. The quantitative estimate of drug-likeness (QED) is 0.330. The van der Waals surface area contributed by atoms with E-state index in [1.54, 1.807) is 0 Å². The van der Waals surface area contributed by atoms with Crippen molar-refractivity contribution in [2.24, 2.45) is 0 Å². The predicted molar refractivity (Wildman–Crippen MR) is 28.6 cm³/mol. The van der Waals surface area contributed by atoms with E-state index in [1.165, 1.54) is 6.08 Å². The van der Waals surface area contributed by atoms with E-state index in [4.69, 9.17) is 14.4 Å². The lowest BCUT2D eigenvalue weighted by atomic mass is 10.7. The lowest BCUT2D eigenvalue weighted by molar-refractivity contribution is 0.0746. The first-order valence-corrected chi connectivity index (χ1v) is 3.73. The van der Waals surface area contributed by atoms with Gasteiger partial charge >= 0.3 is 9.05 Å². The van der Waals surface area contributed by atoms with Crippen LogP contribution < -0.4 is 0 Å². The van der Waals surface area contributed by atoms with Crippen molar-refractivity contribution >= 4 is 9.05 Å². The largest absolute Gasteiger partial charge is 0.671 e. The zero-order valence-electron chi connectivity index (χ0n) is 4.24. The average molecular weight is 136 g/mol. The minimum absolute atomic E-state index is 0.0459. The van der Waals surface area contributed by atoms with Gasteiger partial charge in [-0.2, -0.15) is 0 Å². The van der Waals surface area contributed by atoms with Crippen molar-refractivity contribution in [1.82, 2.24) is 0 Å². The van der Waals surface area contributed by atoms with E-state index < -0.39 is 9.05 Å². The van der Waals surface area contributed by atoms with Crippen molar-refractivity contribution in [3.8, 4) is 0 Å². The van der Waals surface area contributed by atoms with Crippen molar-refractivity contribution in [2.75, 3.05) is 6.61 Å². The van der Waals surface area contributed by atoms with Gasteiger partial charge in [-0.25, -0.2) is 0 Å². The van der Waals surface area contributed by atoms with Gasteiger partial charge < -0.3 is 18.8 Å². The normalized spacial score (nSPS) is 11.4. The summed E-state index contributed by atoms with van der Waals surface area (Å²) >= 11 is 0. The van der Waals surface area contributed by atoms with Crippen LogP contribution in [0.4, 0.5) is 0 Å². The van der Waals surface area contributed by atoms with Gasteiger partial charge in [0.25, 0.3) is 0 Å². The van der Waals surface area contributed by atoms with Crippen molar-refractivity contribution in [2.45, 2.75) is 0 Å². The molecule has 3 N–H and O–H groups in total. The molecule has 4 nitrogen and oxygen atoms in total. The molecule has 0 aliphatic heterocycles. The van der Waals surface area contributed by atoms with E-state index in [2.05, 4.69) is 11.0 Å². The summed E-state index contributed by atoms with van der Waals surface area (Å²) in [5.74, 6) is 0. The van der Waals surface area contributed by atoms with Crippen LogP contribution >= 0.6 is 0 Å². The Morgan fingerprint density at radius 3 is 2.12 bits per heavy atom. The van der Waals surface area contributed by atoms with Crippen LogP contribution in [0.1, 0.15) is 0 Å². The molecule has 0 radical (unpaired) electrons. The van der Waals surface area contributed by atoms with Crippen LogP contribution in [-0.4, -0.2) is 30.0 Å². The van der Waals surface area contributed by atoms with Gasteiger partial charge in [-0.3, -0.25) is 0 Å². The molecular weight excluding hydrogens is 128 g/mol. The second-order valence-corrected chi connectivity index (χ2v) is 2.61. The minimum Gasteiger partial charge on any atom is -0.368 e. The monoisotopic (exact) mass is 136 g/mol. The molecule has 0 aliphatic rings. The Labute approximate surface area is 48.2 Å². The van der Waals surface area contributed by atoms with E-state index in [0.29, 0.717) is 0 Å². The number of rotatable bonds is 3. The molecule has 8 heavy (non-hydrogen) atoms. The first kappa shape index (κ1) is 7.80. The van der Waals surface area contributed by atoms with Gasteiger partial charge in [0.05, 0.1) is 6.61 Å². The fraction of sp³-hybridized carbons (Fsp3) is 0.333. The molecule has 48 valence electrons. The smallest absolute Gasteiger partial charge is 0.368 e. The summed E-state index contributed by atoms with van der Waals surface area (Å²) < 4.78 is 4.07. The fourth-order valence-corrected chi connectivity index (χ4v) is 0.512. The highest BCUT2D eigenvalue weighted by atomic mass is 28.4. The second kappa shape index (κ2) is 2.95. The lowest BCUT2D eigenvalue weighted by Crippen LogP contribution is -2.38. The van der Waals surface area contributed by atoms with Gasteiger partial charge in [0.15, 0.2) is 0 Å². The van der Waals surface area contributed by atoms with Gasteiger partial charge in [0.1, 0.15) is 0 Å². The third-order valence-corrected chi connectivity index (χ3v) is 0.949. The van der Waals surface area contributed by atoms with Crippen molar-refractivity contribution in [3.63, 3.8) is 0 Å². The molecule has 0 atom stereocenters. The Kier molecular flexibility index (Phi) is 2.88. The first-order chi connectivity index (χ1) is 3.56. The molecule has 0 rings (SSSR count). The van der Waals surface area contributed by atoms with Crippen LogP contribution in [0.25, 0.3) is 0 Å². The predicted octanol–water partition coefficient (Wildman–Crippen LogP) is -1.40. The van der Waals surface area contributed by atoms with Crippen LogP contribution in [0.15, 0.2) is 12.7 Å². The molecule has 0 aliphatic carbocycles. The van der Waals surface area contributed by atoms with Crippen LogP contribution in [0, 0.1) is 0 Å². The van der Waals surface area contributed by atoms with E-state index >= 15 is 0 Å². The van der Waals surface area contributed by atoms with E-state index in [0.717, 1.165) is 0 Å². The topological polar surface area (TPSA) is 69.9 Å². The Morgan fingerprint density at radius 2 is 2.00 bits per heavy atom. The third-order valence-electron chi connectivity index (χ3n) is 0.395. The van der Waals surface area contributed by atoms with Crippen molar-refractivity contribution in [3.05, 3.63) is 12.7 Å². The number of hydrogen-bond acceptors (Lipinski definition) is 4. The molecule has 0 saturated heterocycles. The van der Waals surface area contributed by atoms with Crippen LogP contribution in [-0.2, 0) is 4.43 Å². The molecule has 0 amide bonds. The zero-order valence-corrected chi connectivity index (χ0v) is 5.24. The molecule has 0 fully saturated rings. The maximum atomic E-state index is 8.13. The van der Waals surface area contributed by atoms with Gasteiger partial charge in [-0.15, -0.1) is 6.58 Å². The van der Waals surface area contributed by atoms with Crippen molar-refractivity contribution in [1.29, 1.82) is 0 Å². The Morgan fingerprint density at radius 1 is 1.50 bits per heavy atom. The maximum Gasteiger partial charge on any atom is 0.671 e. The summed E-state index contributed by atoms with van der Waals surface area (Å²) in [6.45, 7) is 3.18.